The van der Waals surface area contributed by atoms with Gasteiger partial charge in [-0.2, -0.15) is 0 Å². The second kappa shape index (κ2) is 5.86. The molecule has 0 saturated carbocycles. The van der Waals surface area contributed by atoms with Crippen molar-refractivity contribution in [2.45, 2.75) is 66.0 Å². The molecule has 0 aliphatic rings. The van der Waals surface area contributed by atoms with Gasteiger partial charge in [0.25, 0.3) is 0 Å². The topological polar surface area (TPSA) is 21.3 Å². The highest BCUT2D eigenvalue weighted by molar-refractivity contribution is 4.85. The Kier molecular flexibility index (Phi) is 5.82. The van der Waals surface area contributed by atoms with Crippen molar-refractivity contribution in [2.75, 3.05) is 13.7 Å². The molecule has 0 fully saturated rings. The van der Waals surface area contributed by atoms with Gasteiger partial charge in [0.1, 0.15) is 0 Å². The first-order chi connectivity index (χ1) is 6.73. The molecule has 0 saturated heterocycles. The molecule has 1 atom stereocenters. The van der Waals surface area contributed by atoms with E-state index in [1.54, 1.807) is 0 Å². The van der Waals surface area contributed by atoms with Crippen molar-refractivity contribution in [3.05, 3.63) is 0 Å². The lowest BCUT2D eigenvalue weighted by atomic mass is 9.85. The van der Waals surface area contributed by atoms with Crippen LogP contribution in [0.25, 0.3) is 0 Å². The number of rotatable bonds is 6. The van der Waals surface area contributed by atoms with Crippen LogP contribution in [0.2, 0.25) is 0 Å². The lowest BCUT2D eigenvalue weighted by Crippen LogP contribution is -2.47. The normalized spacial score (nSPS) is 15.4. The van der Waals surface area contributed by atoms with Crippen molar-refractivity contribution in [1.82, 2.24) is 5.32 Å². The van der Waals surface area contributed by atoms with Gasteiger partial charge in [0.05, 0.1) is 5.60 Å². The molecule has 0 aromatic carbocycles. The molecule has 2 nitrogen and oxygen atoms in total. The lowest BCUT2D eigenvalue weighted by molar-refractivity contribution is -0.0403. The molecular weight excluding hydrogens is 186 g/mol. The average Bonchev–Trinajstić information content (AvgIpc) is 2.02. The summed E-state index contributed by atoms with van der Waals surface area (Å²) in [7, 11) is 2.02. The third-order valence-electron chi connectivity index (χ3n) is 2.89. The number of ether oxygens (including phenoxy) is 1. The minimum atomic E-state index is -0.0747. The van der Waals surface area contributed by atoms with Gasteiger partial charge in [0, 0.05) is 12.6 Å². The molecule has 2 heteroatoms. The standard InChI is InChI=1S/C13H29NO/c1-8-15-13(5,6)11(14-7)9-10-12(2,3)4/h11,14H,8-10H2,1-7H3. The summed E-state index contributed by atoms with van der Waals surface area (Å²) in [5.74, 6) is 0. The largest absolute Gasteiger partial charge is 0.374 e. The Morgan fingerprint density at radius 3 is 2.00 bits per heavy atom. The second-order valence-electron chi connectivity index (χ2n) is 5.98. The molecule has 92 valence electrons. The Labute approximate surface area is 95.8 Å². The van der Waals surface area contributed by atoms with Crippen LogP contribution in [0.5, 0.6) is 0 Å². The maximum Gasteiger partial charge on any atom is 0.0778 e. The van der Waals surface area contributed by atoms with E-state index in [1.165, 1.54) is 6.42 Å². The Morgan fingerprint density at radius 2 is 1.67 bits per heavy atom. The van der Waals surface area contributed by atoms with E-state index < -0.39 is 0 Å². The smallest absolute Gasteiger partial charge is 0.0778 e. The summed E-state index contributed by atoms with van der Waals surface area (Å²) in [6.45, 7) is 14.0. The van der Waals surface area contributed by atoms with Crippen LogP contribution < -0.4 is 5.32 Å². The SMILES string of the molecule is CCOC(C)(C)C(CCC(C)(C)C)NC. The zero-order valence-corrected chi connectivity index (χ0v) is 11.6. The van der Waals surface area contributed by atoms with Crippen LogP contribution in [0, 0.1) is 5.41 Å². The summed E-state index contributed by atoms with van der Waals surface area (Å²) in [6.07, 6.45) is 2.38. The zero-order valence-electron chi connectivity index (χ0n) is 11.6. The summed E-state index contributed by atoms with van der Waals surface area (Å²) in [5.41, 5.74) is 0.326. The fourth-order valence-electron chi connectivity index (χ4n) is 1.89. The molecule has 0 aromatic heterocycles. The van der Waals surface area contributed by atoms with Gasteiger partial charge in [-0.1, -0.05) is 20.8 Å². The van der Waals surface area contributed by atoms with Crippen molar-refractivity contribution >= 4 is 0 Å². The third-order valence-corrected chi connectivity index (χ3v) is 2.89. The van der Waals surface area contributed by atoms with Crippen LogP contribution in [0.15, 0.2) is 0 Å². The van der Waals surface area contributed by atoms with Gasteiger partial charge in [-0.3, -0.25) is 0 Å². The van der Waals surface area contributed by atoms with E-state index in [0.29, 0.717) is 11.5 Å². The van der Waals surface area contributed by atoms with Crippen LogP contribution in [0.4, 0.5) is 0 Å². The van der Waals surface area contributed by atoms with Gasteiger partial charge >= 0.3 is 0 Å². The molecule has 1 N–H and O–H groups in total. The number of hydrogen-bond donors (Lipinski definition) is 1. The van der Waals surface area contributed by atoms with Gasteiger partial charge in [-0.05, 0) is 46.1 Å². The van der Waals surface area contributed by atoms with Crippen LogP contribution in [-0.4, -0.2) is 25.3 Å². The third kappa shape index (κ3) is 6.16. The fourth-order valence-corrected chi connectivity index (χ4v) is 1.89. The minimum absolute atomic E-state index is 0.0747. The minimum Gasteiger partial charge on any atom is -0.374 e. The molecule has 15 heavy (non-hydrogen) atoms. The Bertz CT molecular complexity index is 170. The van der Waals surface area contributed by atoms with Gasteiger partial charge in [-0.25, -0.2) is 0 Å². The molecule has 0 aromatic rings. The number of likely N-dealkylation sites (N-methyl/N-ethyl adjacent to an activating group) is 1. The maximum absolute atomic E-state index is 5.79. The molecule has 0 aliphatic heterocycles. The zero-order chi connectivity index (χ0) is 12.1. The van der Waals surface area contributed by atoms with Crippen molar-refractivity contribution in [3.63, 3.8) is 0 Å². The van der Waals surface area contributed by atoms with Gasteiger partial charge in [0.15, 0.2) is 0 Å². The van der Waals surface area contributed by atoms with E-state index >= 15 is 0 Å². The average molecular weight is 215 g/mol. The molecule has 0 spiro atoms. The highest BCUT2D eigenvalue weighted by Crippen LogP contribution is 2.26. The molecule has 0 heterocycles. The molecule has 0 aliphatic carbocycles. The molecular formula is C13H29NO. The van der Waals surface area contributed by atoms with E-state index in [0.717, 1.165) is 13.0 Å². The highest BCUT2D eigenvalue weighted by Gasteiger charge is 2.29. The molecule has 1 unspecified atom stereocenters. The van der Waals surface area contributed by atoms with Crippen LogP contribution >= 0.6 is 0 Å². The molecule has 0 amide bonds. The van der Waals surface area contributed by atoms with E-state index in [2.05, 4.69) is 46.9 Å². The monoisotopic (exact) mass is 215 g/mol. The summed E-state index contributed by atoms with van der Waals surface area (Å²) < 4.78 is 5.79. The lowest BCUT2D eigenvalue weighted by Gasteiger charge is -2.35. The first kappa shape index (κ1) is 14.9. The quantitative estimate of drug-likeness (QED) is 0.734. The first-order valence-corrected chi connectivity index (χ1v) is 6.04. The van der Waals surface area contributed by atoms with Crippen molar-refractivity contribution in [2.24, 2.45) is 5.41 Å². The predicted molar refractivity (Wildman–Crippen MR) is 67.2 cm³/mol. The van der Waals surface area contributed by atoms with E-state index in [4.69, 9.17) is 4.74 Å². The van der Waals surface area contributed by atoms with Gasteiger partial charge in [-0.15, -0.1) is 0 Å². The number of hydrogen-bond acceptors (Lipinski definition) is 2. The van der Waals surface area contributed by atoms with Crippen LogP contribution in [-0.2, 0) is 4.74 Å². The molecule has 0 bridgehead atoms. The van der Waals surface area contributed by atoms with Crippen LogP contribution in [0.1, 0.15) is 54.4 Å². The molecule has 0 rings (SSSR count). The summed E-state index contributed by atoms with van der Waals surface area (Å²) in [5, 5.41) is 3.37. The number of nitrogens with one attached hydrogen (secondary N) is 1. The maximum atomic E-state index is 5.79. The summed E-state index contributed by atoms with van der Waals surface area (Å²) >= 11 is 0. The Morgan fingerprint density at radius 1 is 1.13 bits per heavy atom. The predicted octanol–water partition coefficient (Wildman–Crippen LogP) is 3.22. The van der Waals surface area contributed by atoms with E-state index in [1.807, 2.05) is 7.05 Å². The Hall–Kier alpha value is -0.0800. The van der Waals surface area contributed by atoms with Crippen molar-refractivity contribution in [3.8, 4) is 0 Å². The first-order valence-electron chi connectivity index (χ1n) is 6.04. The fraction of sp³-hybridized carbons (Fsp3) is 1.00. The van der Waals surface area contributed by atoms with E-state index in [9.17, 15) is 0 Å². The van der Waals surface area contributed by atoms with Crippen molar-refractivity contribution in [1.29, 1.82) is 0 Å². The van der Waals surface area contributed by atoms with E-state index in [-0.39, 0.29) is 5.60 Å². The van der Waals surface area contributed by atoms with Crippen LogP contribution in [0.3, 0.4) is 0 Å². The second-order valence-corrected chi connectivity index (χ2v) is 5.98. The van der Waals surface area contributed by atoms with Crippen molar-refractivity contribution < 1.29 is 4.74 Å². The Balaban J connectivity index is 4.24. The summed E-state index contributed by atoms with van der Waals surface area (Å²) in [6, 6.07) is 0.427. The highest BCUT2D eigenvalue weighted by atomic mass is 16.5. The summed E-state index contributed by atoms with van der Waals surface area (Å²) in [4.78, 5) is 0. The van der Waals surface area contributed by atoms with Gasteiger partial charge < -0.3 is 10.1 Å². The van der Waals surface area contributed by atoms with Gasteiger partial charge in [0.2, 0.25) is 0 Å². The molecule has 0 radical (unpaired) electrons.